The van der Waals surface area contributed by atoms with Crippen LogP contribution >= 0.6 is 23.5 Å². The van der Waals surface area contributed by atoms with Gasteiger partial charge in [0.15, 0.2) is 5.41 Å². The van der Waals surface area contributed by atoms with Crippen LogP contribution in [0.4, 0.5) is 0 Å². The zero-order valence-corrected chi connectivity index (χ0v) is 15.3. The van der Waals surface area contributed by atoms with Gasteiger partial charge in [0.2, 0.25) is 0 Å². The van der Waals surface area contributed by atoms with E-state index in [0.717, 1.165) is 11.1 Å². The van der Waals surface area contributed by atoms with Crippen LogP contribution in [0.25, 0.3) is 0 Å². The molecule has 2 rings (SSSR count). The van der Waals surface area contributed by atoms with Crippen LogP contribution in [0.15, 0.2) is 60.7 Å². The van der Waals surface area contributed by atoms with Crippen molar-refractivity contribution in [1.82, 2.24) is 0 Å². The molecule has 132 valence electrons. The Hall–Kier alpha value is -1.92. The monoisotopic (exact) mass is 376 g/mol. The fourth-order valence-corrected chi connectivity index (χ4v) is 4.80. The smallest absolute Gasteiger partial charge is 0.322 e. The van der Waals surface area contributed by atoms with Crippen molar-refractivity contribution in [3.8, 4) is 0 Å². The largest absolute Gasteiger partial charge is 0.480 e. The molecule has 2 aromatic rings. The van der Waals surface area contributed by atoms with Crippen LogP contribution in [-0.4, -0.2) is 33.7 Å². The molecule has 2 N–H and O–H groups in total. The molecule has 0 saturated carbocycles. The lowest BCUT2D eigenvalue weighted by Crippen LogP contribution is -2.44. The zero-order valence-electron chi connectivity index (χ0n) is 13.6. The molecule has 25 heavy (non-hydrogen) atoms. The van der Waals surface area contributed by atoms with Gasteiger partial charge in [-0.1, -0.05) is 60.7 Å². The van der Waals surface area contributed by atoms with E-state index in [1.165, 1.54) is 23.5 Å². The maximum atomic E-state index is 11.7. The van der Waals surface area contributed by atoms with Crippen LogP contribution in [0, 0.1) is 5.41 Å². The standard InChI is InChI=1S/C19H20O4S2/c20-17(21)19(18(22)23,13-24-11-15-7-3-1-4-8-15)14-25-12-16-9-5-2-6-10-16/h1-10H,11-14H2,(H,20,21)(H,22,23). The normalized spacial score (nSPS) is 11.2. The number of carbonyl (C=O) groups is 2. The summed E-state index contributed by atoms with van der Waals surface area (Å²) in [5.74, 6) is -1.30. The Balaban J connectivity index is 1.97. The lowest BCUT2D eigenvalue weighted by Gasteiger charge is -2.24. The molecule has 2 aromatic carbocycles. The predicted molar refractivity (Wildman–Crippen MR) is 103 cm³/mol. The average Bonchev–Trinajstić information content (AvgIpc) is 2.61. The van der Waals surface area contributed by atoms with Gasteiger partial charge in [0.05, 0.1) is 0 Å². The van der Waals surface area contributed by atoms with Gasteiger partial charge in [0, 0.05) is 23.0 Å². The van der Waals surface area contributed by atoms with E-state index in [-0.39, 0.29) is 11.5 Å². The fraction of sp³-hybridized carbons (Fsp3) is 0.263. The Morgan fingerprint density at radius 1 is 0.720 bits per heavy atom. The van der Waals surface area contributed by atoms with Crippen LogP contribution in [-0.2, 0) is 21.1 Å². The topological polar surface area (TPSA) is 74.6 Å². The molecule has 0 saturated heterocycles. The summed E-state index contributed by atoms with van der Waals surface area (Å²) in [6, 6.07) is 19.2. The van der Waals surface area contributed by atoms with E-state index in [2.05, 4.69) is 0 Å². The molecule has 6 heteroatoms. The predicted octanol–water partition coefficient (Wildman–Crippen LogP) is 4.01. The van der Waals surface area contributed by atoms with Crippen molar-refractivity contribution in [2.24, 2.45) is 5.41 Å². The molecule has 0 heterocycles. The first-order valence-corrected chi connectivity index (χ1v) is 10.1. The summed E-state index contributed by atoms with van der Waals surface area (Å²) < 4.78 is 0. The van der Waals surface area contributed by atoms with E-state index < -0.39 is 17.4 Å². The van der Waals surface area contributed by atoms with Crippen molar-refractivity contribution >= 4 is 35.5 Å². The first kappa shape index (κ1) is 19.4. The molecule has 0 aromatic heterocycles. The lowest BCUT2D eigenvalue weighted by atomic mass is 9.93. The number of rotatable bonds is 10. The zero-order chi connectivity index (χ0) is 18.1. The van der Waals surface area contributed by atoms with E-state index in [0.29, 0.717) is 11.5 Å². The highest BCUT2D eigenvalue weighted by Crippen LogP contribution is 2.31. The van der Waals surface area contributed by atoms with Gasteiger partial charge < -0.3 is 10.2 Å². The summed E-state index contributed by atoms with van der Waals surface area (Å²) in [7, 11) is 0. The van der Waals surface area contributed by atoms with Crippen LogP contribution in [0.3, 0.4) is 0 Å². The Labute approximate surface area is 155 Å². The molecule has 0 aliphatic heterocycles. The summed E-state index contributed by atoms with van der Waals surface area (Å²) in [5, 5.41) is 19.2. The third-order valence-corrected chi connectivity index (χ3v) is 6.21. The third-order valence-electron chi connectivity index (χ3n) is 3.74. The van der Waals surface area contributed by atoms with Gasteiger partial charge in [-0.15, -0.1) is 0 Å². The van der Waals surface area contributed by atoms with Crippen molar-refractivity contribution in [3.05, 3.63) is 71.8 Å². The molecule has 0 spiro atoms. The van der Waals surface area contributed by atoms with E-state index in [1.807, 2.05) is 60.7 Å². The lowest BCUT2D eigenvalue weighted by molar-refractivity contribution is -0.160. The Kier molecular flexibility index (Phi) is 7.40. The molecule has 0 aliphatic rings. The summed E-state index contributed by atoms with van der Waals surface area (Å²) in [4.78, 5) is 23.5. The average molecular weight is 376 g/mol. The van der Waals surface area contributed by atoms with E-state index in [1.54, 1.807) is 0 Å². The first-order valence-electron chi connectivity index (χ1n) is 7.75. The molecule has 0 fully saturated rings. The Bertz CT molecular complexity index is 628. The van der Waals surface area contributed by atoms with Crippen LogP contribution in [0.1, 0.15) is 11.1 Å². The molecule has 0 radical (unpaired) electrons. The van der Waals surface area contributed by atoms with E-state index in [4.69, 9.17) is 0 Å². The molecular weight excluding hydrogens is 356 g/mol. The molecule has 0 aliphatic carbocycles. The van der Waals surface area contributed by atoms with Crippen LogP contribution in [0.5, 0.6) is 0 Å². The summed E-state index contributed by atoms with van der Waals surface area (Å²) in [6.07, 6.45) is 0. The highest BCUT2D eigenvalue weighted by Gasteiger charge is 2.46. The minimum absolute atomic E-state index is 0.0361. The first-order chi connectivity index (χ1) is 12.0. The summed E-state index contributed by atoms with van der Waals surface area (Å²) >= 11 is 2.68. The van der Waals surface area contributed by atoms with Gasteiger partial charge >= 0.3 is 11.9 Å². The van der Waals surface area contributed by atoms with Gasteiger partial charge in [-0.2, -0.15) is 23.5 Å². The SMILES string of the molecule is O=C(O)C(CSCc1ccccc1)(CSCc1ccccc1)C(=O)O. The van der Waals surface area contributed by atoms with Crippen LogP contribution < -0.4 is 0 Å². The number of hydrogen-bond donors (Lipinski definition) is 2. The number of benzene rings is 2. The minimum Gasteiger partial charge on any atom is -0.480 e. The minimum atomic E-state index is -1.78. The van der Waals surface area contributed by atoms with Gasteiger partial charge in [-0.3, -0.25) is 9.59 Å². The van der Waals surface area contributed by atoms with Gasteiger partial charge in [0.1, 0.15) is 0 Å². The number of carboxylic acid groups (broad SMARTS) is 2. The Morgan fingerprint density at radius 3 is 1.40 bits per heavy atom. The second-order valence-electron chi connectivity index (χ2n) is 5.65. The Morgan fingerprint density at radius 2 is 1.08 bits per heavy atom. The van der Waals surface area contributed by atoms with E-state index >= 15 is 0 Å². The summed E-state index contributed by atoms with van der Waals surface area (Å²) in [5.41, 5.74) is 0.321. The molecule has 0 atom stereocenters. The van der Waals surface area contributed by atoms with Crippen LogP contribution in [0.2, 0.25) is 0 Å². The molecular formula is C19H20O4S2. The number of hydrogen-bond acceptors (Lipinski definition) is 4. The number of aliphatic carboxylic acids is 2. The summed E-state index contributed by atoms with van der Waals surface area (Å²) in [6.45, 7) is 0. The molecule has 0 amide bonds. The molecule has 4 nitrogen and oxygen atoms in total. The van der Waals surface area contributed by atoms with Crippen molar-refractivity contribution < 1.29 is 19.8 Å². The van der Waals surface area contributed by atoms with Crippen molar-refractivity contribution in [3.63, 3.8) is 0 Å². The van der Waals surface area contributed by atoms with E-state index in [9.17, 15) is 19.8 Å². The fourth-order valence-electron chi connectivity index (χ4n) is 2.21. The number of carboxylic acids is 2. The van der Waals surface area contributed by atoms with Gasteiger partial charge in [-0.05, 0) is 11.1 Å². The number of thioether (sulfide) groups is 2. The third kappa shape index (κ3) is 5.54. The second-order valence-corrected chi connectivity index (χ2v) is 7.62. The van der Waals surface area contributed by atoms with Crippen molar-refractivity contribution in [2.45, 2.75) is 11.5 Å². The maximum absolute atomic E-state index is 11.7. The van der Waals surface area contributed by atoms with Gasteiger partial charge in [-0.25, -0.2) is 0 Å². The van der Waals surface area contributed by atoms with Crippen molar-refractivity contribution in [1.29, 1.82) is 0 Å². The quantitative estimate of drug-likeness (QED) is 0.610. The molecule has 0 bridgehead atoms. The highest BCUT2D eigenvalue weighted by atomic mass is 32.2. The maximum Gasteiger partial charge on any atom is 0.322 e. The molecule has 0 unspecified atom stereocenters. The van der Waals surface area contributed by atoms with Gasteiger partial charge in [0.25, 0.3) is 0 Å². The second kappa shape index (κ2) is 9.53. The van der Waals surface area contributed by atoms with Crippen molar-refractivity contribution in [2.75, 3.05) is 11.5 Å². The highest BCUT2D eigenvalue weighted by molar-refractivity contribution is 7.99.